The van der Waals surface area contributed by atoms with Crippen LogP contribution < -0.4 is 21.5 Å². The van der Waals surface area contributed by atoms with E-state index in [4.69, 9.17) is 20.9 Å². The molecule has 156 valence electrons. The van der Waals surface area contributed by atoms with Crippen molar-refractivity contribution in [2.24, 2.45) is 5.73 Å². The van der Waals surface area contributed by atoms with Crippen molar-refractivity contribution in [2.45, 2.75) is 25.5 Å². The van der Waals surface area contributed by atoms with Crippen molar-refractivity contribution >= 4 is 29.0 Å². The number of rotatable bonds is 7. The minimum Gasteiger partial charge on any atom is -0.489 e. The first-order valence-electron chi connectivity index (χ1n) is 9.71. The van der Waals surface area contributed by atoms with E-state index in [-0.39, 0.29) is 12.6 Å². The Labute approximate surface area is 173 Å². The van der Waals surface area contributed by atoms with E-state index >= 15 is 0 Å². The summed E-state index contributed by atoms with van der Waals surface area (Å²) in [6.07, 6.45) is 0.987. The fraction of sp³-hybridized carbons (Fsp3) is 0.286. The molecule has 0 saturated heterocycles. The van der Waals surface area contributed by atoms with Gasteiger partial charge in [0.15, 0.2) is 0 Å². The fourth-order valence-electron chi connectivity index (χ4n) is 3.61. The first kappa shape index (κ1) is 19.6. The second kappa shape index (κ2) is 8.32. The quantitative estimate of drug-likeness (QED) is 0.513. The summed E-state index contributed by atoms with van der Waals surface area (Å²) in [4.78, 5) is 27.7. The van der Waals surface area contributed by atoms with Crippen LogP contribution in [-0.4, -0.2) is 34.7 Å². The summed E-state index contributed by atoms with van der Waals surface area (Å²) in [6, 6.07) is 12.7. The summed E-state index contributed by atoms with van der Waals surface area (Å²) in [5.74, 6) is 0.359. The Morgan fingerprint density at radius 2 is 2.07 bits per heavy atom. The second-order valence-electron chi connectivity index (χ2n) is 7.14. The Morgan fingerprint density at radius 1 is 1.27 bits per heavy atom. The number of aromatic nitrogens is 2. The molecule has 9 heteroatoms. The first-order chi connectivity index (χ1) is 14.5. The van der Waals surface area contributed by atoms with E-state index in [2.05, 4.69) is 10.3 Å². The van der Waals surface area contributed by atoms with Crippen LogP contribution in [0.5, 0.6) is 5.75 Å². The maximum absolute atomic E-state index is 11.9. The summed E-state index contributed by atoms with van der Waals surface area (Å²) < 4.78 is 13.0. The standard InChI is InChI=1S/C21H23N5O4/c22-19(27)14-9-16-18-17(10-14)29-12-15(26(18)20(23)25-16)7-4-8-24-21(28)30-11-13-5-2-1-3-6-13/h1-3,5-6,9-10,15H,4,7-8,11-12H2,(H2,22,27)(H2,23,25)(H,24,28)/t15-/m0/s1. The summed E-state index contributed by atoms with van der Waals surface area (Å²) in [5, 5.41) is 2.76. The predicted octanol–water partition coefficient (Wildman–Crippen LogP) is 2.36. The highest BCUT2D eigenvalue weighted by Crippen LogP contribution is 2.37. The zero-order chi connectivity index (χ0) is 21.1. The number of hydrogen-bond donors (Lipinski definition) is 3. The highest BCUT2D eigenvalue weighted by molar-refractivity contribution is 5.99. The van der Waals surface area contributed by atoms with E-state index in [1.807, 2.05) is 34.9 Å². The lowest BCUT2D eigenvalue weighted by Crippen LogP contribution is -2.27. The number of carbonyl (C=O) groups is 2. The third-order valence-electron chi connectivity index (χ3n) is 5.05. The molecular weight excluding hydrogens is 386 g/mol. The SMILES string of the molecule is NC(=O)c1cc2c3c(c1)nc(N)n3[C@@H](CCCNC(=O)OCc1ccccc1)CO2. The van der Waals surface area contributed by atoms with Gasteiger partial charge < -0.3 is 30.8 Å². The van der Waals surface area contributed by atoms with Gasteiger partial charge in [0.05, 0.1) is 11.6 Å². The highest BCUT2D eigenvalue weighted by Gasteiger charge is 2.27. The molecule has 9 nitrogen and oxygen atoms in total. The van der Waals surface area contributed by atoms with Crippen LogP contribution >= 0.6 is 0 Å². The zero-order valence-corrected chi connectivity index (χ0v) is 16.3. The number of benzene rings is 2. The Hall–Kier alpha value is -3.75. The molecule has 0 radical (unpaired) electrons. The molecule has 2 aromatic carbocycles. The number of nitrogen functional groups attached to an aromatic ring is 1. The molecule has 30 heavy (non-hydrogen) atoms. The lowest BCUT2D eigenvalue weighted by molar-refractivity contribution is 0.0999. The predicted molar refractivity (Wildman–Crippen MR) is 111 cm³/mol. The molecule has 4 rings (SSSR count). The van der Waals surface area contributed by atoms with Gasteiger partial charge in [-0.2, -0.15) is 0 Å². The third kappa shape index (κ3) is 4.00. The second-order valence-corrected chi connectivity index (χ2v) is 7.14. The van der Waals surface area contributed by atoms with Crippen molar-refractivity contribution in [3.8, 4) is 5.75 Å². The van der Waals surface area contributed by atoms with Gasteiger partial charge in [0.1, 0.15) is 24.5 Å². The molecule has 0 saturated carbocycles. The maximum Gasteiger partial charge on any atom is 0.407 e. The average Bonchev–Trinajstić information content (AvgIpc) is 3.09. The van der Waals surface area contributed by atoms with Crippen molar-refractivity contribution in [2.75, 3.05) is 18.9 Å². The number of amides is 2. The molecular formula is C21H23N5O4. The highest BCUT2D eigenvalue weighted by atomic mass is 16.5. The molecule has 1 atom stereocenters. The number of carbonyl (C=O) groups excluding carboxylic acids is 2. The lowest BCUT2D eigenvalue weighted by Gasteiger charge is -2.26. The van der Waals surface area contributed by atoms with Crippen molar-refractivity contribution in [1.29, 1.82) is 0 Å². The Kier molecular flexibility index (Phi) is 5.42. The van der Waals surface area contributed by atoms with Crippen LogP contribution in [0.2, 0.25) is 0 Å². The van der Waals surface area contributed by atoms with Gasteiger partial charge >= 0.3 is 6.09 Å². The molecule has 5 N–H and O–H groups in total. The van der Waals surface area contributed by atoms with Gasteiger partial charge in [-0.3, -0.25) is 4.79 Å². The van der Waals surface area contributed by atoms with E-state index in [9.17, 15) is 9.59 Å². The smallest absolute Gasteiger partial charge is 0.407 e. The van der Waals surface area contributed by atoms with Gasteiger partial charge in [-0.05, 0) is 30.5 Å². The van der Waals surface area contributed by atoms with Crippen molar-refractivity contribution in [1.82, 2.24) is 14.9 Å². The molecule has 2 amide bonds. The van der Waals surface area contributed by atoms with Gasteiger partial charge in [0.25, 0.3) is 0 Å². The van der Waals surface area contributed by atoms with Crippen LogP contribution in [0.1, 0.15) is 34.8 Å². The first-order valence-corrected chi connectivity index (χ1v) is 9.71. The van der Waals surface area contributed by atoms with Crippen LogP contribution in [0.3, 0.4) is 0 Å². The third-order valence-corrected chi connectivity index (χ3v) is 5.05. The van der Waals surface area contributed by atoms with Crippen molar-refractivity contribution in [3.63, 3.8) is 0 Å². The van der Waals surface area contributed by atoms with E-state index in [1.165, 1.54) is 0 Å². The van der Waals surface area contributed by atoms with Crippen LogP contribution in [0.15, 0.2) is 42.5 Å². The number of ether oxygens (including phenoxy) is 2. The molecule has 0 bridgehead atoms. The molecule has 0 aliphatic carbocycles. The molecule has 1 aromatic heterocycles. The number of primary amides is 1. The Morgan fingerprint density at radius 3 is 2.83 bits per heavy atom. The monoisotopic (exact) mass is 409 g/mol. The summed E-state index contributed by atoms with van der Waals surface area (Å²) in [5.41, 5.74) is 14.1. The zero-order valence-electron chi connectivity index (χ0n) is 16.3. The number of alkyl carbamates (subject to hydrolysis) is 1. The molecule has 0 unspecified atom stereocenters. The van der Waals surface area contributed by atoms with E-state index in [0.717, 1.165) is 17.5 Å². The number of hydrogen-bond acceptors (Lipinski definition) is 6. The average molecular weight is 409 g/mol. The van der Waals surface area contributed by atoms with E-state index in [0.29, 0.717) is 42.4 Å². The largest absolute Gasteiger partial charge is 0.489 e. The normalized spacial score (nSPS) is 14.9. The van der Waals surface area contributed by atoms with Gasteiger partial charge in [0, 0.05) is 12.1 Å². The molecule has 0 spiro atoms. The molecule has 1 aliphatic rings. The summed E-state index contributed by atoms with van der Waals surface area (Å²) in [7, 11) is 0. The topological polar surface area (TPSA) is 134 Å². The van der Waals surface area contributed by atoms with Crippen LogP contribution in [0.25, 0.3) is 11.0 Å². The maximum atomic E-state index is 11.9. The number of nitrogens with one attached hydrogen (secondary N) is 1. The Balaban J connectivity index is 1.33. The van der Waals surface area contributed by atoms with Gasteiger partial charge in [-0.25, -0.2) is 9.78 Å². The summed E-state index contributed by atoms with van der Waals surface area (Å²) in [6.45, 7) is 1.09. The molecule has 1 aliphatic heterocycles. The van der Waals surface area contributed by atoms with Crippen molar-refractivity contribution < 1.29 is 19.1 Å². The summed E-state index contributed by atoms with van der Waals surface area (Å²) >= 11 is 0. The molecule has 0 fully saturated rings. The van der Waals surface area contributed by atoms with E-state index < -0.39 is 12.0 Å². The van der Waals surface area contributed by atoms with Gasteiger partial charge in [-0.1, -0.05) is 30.3 Å². The van der Waals surface area contributed by atoms with Crippen LogP contribution in [0.4, 0.5) is 10.7 Å². The van der Waals surface area contributed by atoms with E-state index in [1.54, 1.807) is 12.1 Å². The fourth-order valence-corrected chi connectivity index (χ4v) is 3.61. The van der Waals surface area contributed by atoms with Crippen LogP contribution in [0, 0.1) is 0 Å². The minimum absolute atomic E-state index is 0.0240. The van der Waals surface area contributed by atoms with Crippen molar-refractivity contribution in [3.05, 3.63) is 53.6 Å². The van der Waals surface area contributed by atoms with Gasteiger partial charge in [-0.15, -0.1) is 0 Å². The number of anilines is 1. The van der Waals surface area contributed by atoms with Crippen LogP contribution in [-0.2, 0) is 11.3 Å². The minimum atomic E-state index is -0.544. The molecule has 2 heterocycles. The number of nitrogens with two attached hydrogens (primary N) is 2. The molecule has 3 aromatic rings. The lowest BCUT2D eigenvalue weighted by atomic mass is 10.1. The Bertz CT molecular complexity index is 1080. The number of nitrogens with zero attached hydrogens (tertiary/aromatic N) is 2. The number of imidazole rings is 1. The van der Waals surface area contributed by atoms with Gasteiger partial charge in [0.2, 0.25) is 11.9 Å².